The molecule has 0 saturated heterocycles. The predicted octanol–water partition coefficient (Wildman–Crippen LogP) is 1.81. The summed E-state index contributed by atoms with van der Waals surface area (Å²) in [7, 11) is 0. The fourth-order valence-electron chi connectivity index (χ4n) is 0.858. The first kappa shape index (κ1) is 12.0. The summed E-state index contributed by atoms with van der Waals surface area (Å²) in [5, 5.41) is 0. The van der Waals surface area contributed by atoms with Gasteiger partial charge in [0.1, 0.15) is 0 Å². The minimum Gasteiger partial charge on any atom is -0.103 e. The molecule has 0 bridgehead atoms. The highest BCUT2D eigenvalue weighted by Crippen LogP contribution is 2.11. The lowest BCUT2D eigenvalue weighted by Crippen LogP contribution is -1.92. The van der Waals surface area contributed by atoms with Gasteiger partial charge in [-0.15, -0.1) is 6.58 Å². The quantitative estimate of drug-likeness (QED) is 0.415. The van der Waals surface area contributed by atoms with Gasteiger partial charge in [-0.25, -0.2) is 0 Å². The Morgan fingerprint density at radius 3 is 1.89 bits per heavy atom. The standard InChI is InChI=1S/C8H16.Al.3H/c1-4-7-8(5-2)6-3;;;;/h4,8H,1,5-7H2,2-3H3;;;;. The van der Waals surface area contributed by atoms with Crippen LogP contribution in [0, 0.1) is 5.92 Å². The van der Waals surface area contributed by atoms with Gasteiger partial charge in [-0.05, 0) is 12.3 Å². The minimum atomic E-state index is 0. The Kier molecular flexibility index (Phi) is 11.0. The smallest absolute Gasteiger partial charge is 0.103 e. The van der Waals surface area contributed by atoms with Crippen molar-refractivity contribution < 1.29 is 0 Å². The lowest BCUT2D eigenvalue weighted by molar-refractivity contribution is 0.500. The van der Waals surface area contributed by atoms with Gasteiger partial charge in [-0.2, -0.15) is 0 Å². The number of hydrogen-bond acceptors (Lipinski definition) is 0. The van der Waals surface area contributed by atoms with Crippen LogP contribution < -0.4 is 0 Å². The lowest BCUT2D eigenvalue weighted by Gasteiger charge is -2.06. The highest BCUT2D eigenvalue weighted by molar-refractivity contribution is 5.75. The molecule has 54 valence electrons. The van der Waals surface area contributed by atoms with Gasteiger partial charge in [0, 0.05) is 0 Å². The molecule has 0 nitrogen and oxygen atoms in total. The largest absolute Gasteiger partial charge is 0.187 e. The van der Waals surface area contributed by atoms with Crippen molar-refractivity contribution in [3.63, 3.8) is 0 Å². The second-order valence-electron chi connectivity index (χ2n) is 2.21. The first-order valence-corrected chi connectivity index (χ1v) is 3.46. The topological polar surface area (TPSA) is 0 Å². The molecule has 0 aliphatic carbocycles. The molecule has 0 spiro atoms. The fraction of sp³-hybridized carbons (Fsp3) is 0.750. The van der Waals surface area contributed by atoms with Gasteiger partial charge in [-0.3, -0.25) is 0 Å². The Balaban J connectivity index is 0. The van der Waals surface area contributed by atoms with Gasteiger partial charge >= 0.3 is 0 Å². The molecule has 0 aromatic carbocycles. The van der Waals surface area contributed by atoms with Crippen molar-refractivity contribution in [2.24, 2.45) is 5.92 Å². The summed E-state index contributed by atoms with van der Waals surface area (Å²) in [6, 6.07) is 0. The van der Waals surface area contributed by atoms with E-state index in [1.54, 1.807) is 0 Å². The molecular weight excluding hydrogens is 123 g/mol. The van der Waals surface area contributed by atoms with Crippen LogP contribution in [0.15, 0.2) is 12.7 Å². The first-order valence-electron chi connectivity index (χ1n) is 3.46. The highest BCUT2D eigenvalue weighted by atomic mass is 27.0. The summed E-state index contributed by atoms with van der Waals surface area (Å²) in [5.74, 6) is 0.882. The van der Waals surface area contributed by atoms with E-state index in [2.05, 4.69) is 20.4 Å². The van der Waals surface area contributed by atoms with E-state index in [-0.39, 0.29) is 17.4 Å². The van der Waals surface area contributed by atoms with E-state index in [9.17, 15) is 0 Å². The third-order valence-electron chi connectivity index (χ3n) is 1.65. The van der Waals surface area contributed by atoms with Crippen molar-refractivity contribution in [1.29, 1.82) is 0 Å². The van der Waals surface area contributed by atoms with Crippen LogP contribution >= 0.6 is 0 Å². The molecule has 1 heteroatoms. The molecule has 0 atom stereocenters. The molecule has 0 aliphatic heterocycles. The van der Waals surface area contributed by atoms with E-state index in [0.717, 1.165) is 5.92 Å². The average Bonchev–Trinajstić information content (AvgIpc) is 1.83. The zero-order valence-corrected chi connectivity index (χ0v) is 5.98. The van der Waals surface area contributed by atoms with Crippen molar-refractivity contribution in [2.45, 2.75) is 33.1 Å². The third kappa shape index (κ3) is 6.15. The summed E-state index contributed by atoms with van der Waals surface area (Å²) >= 11 is 0. The van der Waals surface area contributed by atoms with E-state index in [0.29, 0.717) is 0 Å². The maximum Gasteiger partial charge on any atom is 0.187 e. The SMILES string of the molecule is C=CCC(CC)CC.[AlH3]. The molecule has 0 rings (SSSR count). The Bertz CT molecular complexity index is 55.6. The van der Waals surface area contributed by atoms with Crippen LogP contribution in [0.4, 0.5) is 0 Å². The van der Waals surface area contributed by atoms with Crippen LogP contribution in [0.5, 0.6) is 0 Å². The molecule has 0 aliphatic rings. The second-order valence-corrected chi connectivity index (χ2v) is 2.21. The normalized spacial score (nSPS) is 8.78. The second kappa shape index (κ2) is 8.27. The summed E-state index contributed by atoms with van der Waals surface area (Å²) < 4.78 is 0. The summed E-state index contributed by atoms with van der Waals surface area (Å²) in [6.07, 6.45) is 5.79. The van der Waals surface area contributed by atoms with E-state index in [1.165, 1.54) is 19.3 Å². The van der Waals surface area contributed by atoms with Gasteiger partial charge in [0.25, 0.3) is 0 Å². The maximum absolute atomic E-state index is 3.70. The Morgan fingerprint density at radius 2 is 1.78 bits per heavy atom. The van der Waals surface area contributed by atoms with Crippen molar-refractivity contribution in [2.75, 3.05) is 0 Å². The van der Waals surface area contributed by atoms with E-state index in [1.807, 2.05) is 6.08 Å². The van der Waals surface area contributed by atoms with E-state index in [4.69, 9.17) is 0 Å². The highest BCUT2D eigenvalue weighted by Gasteiger charge is 1.97. The van der Waals surface area contributed by atoms with Gasteiger partial charge in [0.15, 0.2) is 17.4 Å². The van der Waals surface area contributed by atoms with Gasteiger partial charge in [-0.1, -0.05) is 32.8 Å². The number of rotatable bonds is 4. The number of hydrogen-bond donors (Lipinski definition) is 0. The van der Waals surface area contributed by atoms with Crippen LogP contribution in [0.2, 0.25) is 0 Å². The van der Waals surface area contributed by atoms with Crippen LogP contribution in [0.1, 0.15) is 33.1 Å². The van der Waals surface area contributed by atoms with Crippen LogP contribution in [0.25, 0.3) is 0 Å². The lowest BCUT2D eigenvalue weighted by atomic mass is 10.00. The molecule has 0 radical (unpaired) electrons. The van der Waals surface area contributed by atoms with Crippen LogP contribution in [-0.2, 0) is 0 Å². The minimum absolute atomic E-state index is 0. The van der Waals surface area contributed by atoms with Gasteiger partial charge in [0.05, 0.1) is 0 Å². The van der Waals surface area contributed by atoms with E-state index < -0.39 is 0 Å². The van der Waals surface area contributed by atoms with Gasteiger partial charge < -0.3 is 0 Å². The van der Waals surface area contributed by atoms with E-state index >= 15 is 0 Å². The molecule has 9 heavy (non-hydrogen) atoms. The number of allylic oxidation sites excluding steroid dienone is 1. The van der Waals surface area contributed by atoms with Crippen molar-refractivity contribution in [3.05, 3.63) is 12.7 Å². The van der Waals surface area contributed by atoms with Crippen molar-refractivity contribution in [1.82, 2.24) is 0 Å². The molecule has 0 heterocycles. The van der Waals surface area contributed by atoms with Crippen LogP contribution in [0.3, 0.4) is 0 Å². The molecule has 0 aromatic heterocycles. The molecule has 0 fully saturated rings. The Morgan fingerprint density at radius 1 is 1.33 bits per heavy atom. The zero-order chi connectivity index (χ0) is 6.41. The molecule has 0 aromatic rings. The summed E-state index contributed by atoms with van der Waals surface area (Å²) in [6.45, 7) is 8.16. The monoisotopic (exact) mass is 142 g/mol. The van der Waals surface area contributed by atoms with Gasteiger partial charge in [0.2, 0.25) is 0 Å². The van der Waals surface area contributed by atoms with Crippen molar-refractivity contribution >= 4 is 17.4 Å². The molecule has 0 unspecified atom stereocenters. The molecule has 0 amide bonds. The summed E-state index contributed by atoms with van der Waals surface area (Å²) in [4.78, 5) is 0. The fourth-order valence-corrected chi connectivity index (χ4v) is 0.858. The molecular formula is C8H19Al. The third-order valence-corrected chi connectivity index (χ3v) is 1.65. The Labute approximate surface area is 69.5 Å². The maximum atomic E-state index is 3.70. The zero-order valence-electron chi connectivity index (χ0n) is 5.98. The average molecular weight is 142 g/mol. The predicted molar refractivity (Wildman–Crippen MR) is 48.8 cm³/mol. The Hall–Kier alpha value is 0.272. The molecule has 0 saturated carbocycles. The van der Waals surface area contributed by atoms with Crippen LogP contribution in [-0.4, -0.2) is 17.4 Å². The summed E-state index contributed by atoms with van der Waals surface area (Å²) in [5.41, 5.74) is 0. The molecule has 0 N–H and O–H groups in total. The van der Waals surface area contributed by atoms with Crippen molar-refractivity contribution in [3.8, 4) is 0 Å². The first-order chi connectivity index (χ1) is 3.85.